The van der Waals surface area contributed by atoms with E-state index in [1.54, 1.807) is 0 Å². The summed E-state index contributed by atoms with van der Waals surface area (Å²) >= 11 is 0. The molecule has 2 rings (SSSR count). The van der Waals surface area contributed by atoms with E-state index in [1.807, 2.05) is 0 Å². The number of ether oxygens (including phenoxy) is 1. The number of aliphatic hydroxyl groups is 3. The van der Waals surface area contributed by atoms with Crippen LogP contribution in [0.2, 0.25) is 0 Å². The Kier molecular flexibility index (Phi) is 3.80. The number of hydrogen-bond acceptors (Lipinski definition) is 7. The van der Waals surface area contributed by atoms with Gasteiger partial charge < -0.3 is 25.8 Å². The largest absolute Gasteiger partial charge is 0.393 e. The second-order valence-corrected chi connectivity index (χ2v) is 4.88. The second kappa shape index (κ2) is 5.11. The molecule has 6 N–H and O–H groups in total. The van der Waals surface area contributed by atoms with Gasteiger partial charge in [-0.2, -0.15) is 0 Å². The molecule has 0 spiro atoms. The molecule has 20 heavy (non-hydrogen) atoms. The van der Waals surface area contributed by atoms with Crippen molar-refractivity contribution in [1.82, 2.24) is 9.55 Å². The fourth-order valence-corrected chi connectivity index (χ4v) is 2.21. The van der Waals surface area contributed by atoms with E-state index in [-0.39, 0.29) is 5.56 Å². The Morgan fingerprint density at radius 3 is 2.55 bits per heavy atom. The maximum absolute atomic E-state index is 11.8. The average molecular weight is 287 g/mol. The van der Waals surface area contributed by atoms with Crippen LogP contribution in [0.1, 0.15) is 11.8 Å². The Morgan fingerprint density at radius 2 is 2.05 bits per heavy atom. The van der Waals surface area contributed by atoms with Gasteiger partial charge in [0.25, 0.3) is 5.56 Å². The molecule has 1 aromatic heterocycles. The van der Waals surface area contributed by atoms with Crippen molar-refractivity contribution in [3.05, 3.63) is 32.6 Å². The molecule has 9 heteroatoms. The number of nitrogens with one attached hydrogen (secondary N) is 1. The van der Waals surface area contributed by atoms with E-state index >= 15 is 0 Å². The van der Waals surface area contributed by atoms with Crippen LogP contribution >= 0.6 is 0 Å². The van der Waals surface area contributed by atoms with Crippen molar-refractivity contribution in [2.45, 2.75) is 30.9 Å². The van der Waals surface area contributed by atoms with E-state index in [0.717, 1.165) is 4.57 Å². The third-order valence-electron chi connectivity index (χ3n) is 3.58. The van der Waals surface area contributed by atoms with E-state index in [2.05, 4.69) is 4.98 Å². The van der Waals surface area contributed by atoms with Crippen molar-refractivity contribution in [3.8, 4) is 0 Å². The molecule has 1 saturated heterocycles. The third-order valence-corrected chi connectivity index (χ3v) is 3.58. The molecule has 0 saturated carbocycles. The van der Waals surface area contributed by atoms with Gasteiger partial charge in [0.1, 0.15) is 11.7 Å². The predicted octanol–water partition coefficient (Wildman–Crippen LogP) is -3.21. The highest BCUT2D eigenvalue weighted by Gasteiger charge is 2.53. The monoisotopic (exact) mass is 287 g/mol. The molecular formula is C11H17N3O6. The van der Waals surface area contributed by atoms with Gasteiger partial charge in [-0.05, 0) is 6.92 Å². The van der Waals surface area contributed by atoms with E-state index in [0.29, 0.717) is 0 Å². The number of H-pyrrole nitrogens is 1. The van der Waals surface area contributed by atoms with Crippen molar-refractivity contribution < 1.29 is 20.1 Å². The van der Waals surface area contributed by atoms with Crippen LogP contribution in [0.5, 0.6) is 0 Å². The third kappa shape index (κ3) is 2.09. The maximum Gasteiger partial charge on any atom is 0.330 e. The van der Waals surface area contributed by atoms with Crippen LogP contribution in [-0.2, 0) is 4.74 Å². The molecule has 0 aromatic carbocycles. The van der Waals surface area contributed by atoms with Gasteiger partial charge in [-0.25, -0.2) is 4.79 Å². The number of rotatable bonds is 3. The number of nitrogens with zero attached hydrogens (tertiary/aromatic N) is 1. The van der Waals surface area contributed by atoms with Gasteiger partial charge in [-0.3, -0.25) is 14.3 Å². The van der Waals surface area contributed by atoms with Crippen LogP contribution in [0, 0.1) is 6.92 Å². The highest BCUT2D eigenvalue weighted by Crippen LogP contribution is 2.34. The number of aryl methyl sites for hydroxylation is 1. The summed E-state index contributed by atoms with van der Waals surface area (Å²) in [5.41, 5.74) is 3.13. The molecule has 3 atom stereocenters. The van der Waals surface area contributed by atoms with Crippen LogP contribution in [0.3, 0.4) is 0 Å². The van der Waals surface area contributed by atoms with Crippen molar-refractivity contribution in [1.29, 1.82) is 0 Å². The number of hydrogen-bond donors (Lipinski definition) is 5. The van der Waals surface area contributed by atoms with Crippen molar-refractivity contribution >= 4 is 0 Å². The van der Waals surface area contributed by atoms with Gasteiger partial charge in [0.15, 0.2) is 6.23 Å². The maximum atomic E-state index is 11.8. The standard InChI is InChI=1S/C11H17N3O6/c1-5-2-14(10(19)13-8(5)18)9-6(17)7(12)11(3-15,4-16)20-9/h2,6-7,9,15-17H,3-4,12H2,1H3,(H,13,18,19)/t6-,7+,9-/m1/s1. The molecule has 0 aliphatic carbocycles. The molecule has 0 bridgehead atoms. The lowest BCUT2D eigenvalue weighted by atomic mass is 9.95. The molecule has 2 heterocycles. The summed E-state index contributed by atoms with van der Waals surface area (Å²) < 4.78 is 6.38. The highest BCUT2D eigenvalue weighted by atomic mass is 16.6. The molecule has 1 aliphatic rings. The van der Waals surface area contributed by atoms with Crippen molar-refractivity contribution in [2.24, 2.45) is 5.73 Å². The van der Waals surface area contributed by atoms with E-state index < -0.39 is 48.4 Å². The van der Waals surface area contributed by atoms with E-state index in [4.69, 9.17) is 10.5 Å². The zero-order chi connectivity index (χ0) is 15.1. The number of aliphatic hydroxyl groups excluding tert-OH is 3. The summed E-state index contributed by atoms with van der Waals surface area (Å²) in [6.45, 7) is 0.256. The zero-order valence-electron chi connectivity index (χ0n) is 10.8. The lowest BCUT2D eigenvalue weighted by molar-refractivity contribution is -0.132. The quantitative estimate of drug-likeness (QED) is 0.392. The Balaban J connectivity index is 2.47. The van der Waals surface area contributed by atoms with Gasteiger partial charge in [-0.1, -0.05) is 0 Å². The first-order valence-corrected chi connectivity index (χ1v) is 6.01. The smallest absolute Gasteiger partial charge is 0.330 e. The Morgan fingerprint density at radius 1 is 1.45 bits per heavy atom. The Bertz CT molecular complexity index is 605. The summed E-state index contributed by atoms with van der Waals surface area (Å²) in [5, 5.41) is 28.7. The average Bonchev–Trinajstić information content (AvgIpc) is 2.68. The molecule has 1 aromatic rings. The normalized spacial score (nSPS) is 28.8. The molecule has 0 unspecified atom stereocenters. The molecule has 1 aliphatic heterocycles. The highest BCUT2D eigenvalue weighted by molar-refractivity contribution is 5.07. The summed E-state index contributed by atoms with van der Waals surface area (Å²) in [5.74, 6) is 0. The zero-order valence-corrected chi connectivity index (χ0v) is 10.8. The Hall–Kier alpha value is -1.52. The van der Waals surface area contributed by atoms with Crippen LogP contribution < -0.4 is 17.0 Å². The topological polar surface area (TPSA) is 151 Å². The molecular weight excluding hydrogens is 270 g/mol. The molecule has 112 valence electrons. The second-order valence-electron chi connectivity index (χ2n) is 4.88. The summed E-state index contributed by atoms with van der Waals surface area (Å²) in [6.07, 6.45) is -1.29. The van der Waals surface area contributed by atoms with Gasteiger partial charge in [0.2, 0.25) is 0 Å². The van der Waals surface area contributed by atoms with Gasteiger partial charge in [0, 0.05) is 11.8 Å². The Labute approximate surface area is 113 Å². The minimum absolute atomic E-state index is 0.250. The van der Waals surface area contributed by atoms with Crippen LogP contribution in [-0.4, -0.2) is 55.8 Å². The van der Waals surface area contributed by atoms with Crippen LogP contribution in [0.15, 0.2) is 15.8 Å². The van der Waals surface area contributed by atoms with Crippen LogP contribution in [0.25, 0.3) is 0 Å². The first-order chi connectivity index (χ1) is 9.36. The molecule has 1 fully saturated rings. The van der Waals surface area contributed by atoms with Gasteiger partial charge in [-0.15, -0.1) is 0 Å². The molecule has 0 radical (unpaired) electrons. The fourth-order valence-electron chi connectivity index (χ4n) is 2.21. The minimum atomic E-state index is -1.55. The van der Waals surface area contributed by atoms with E-state index in [9.17, 15) is 24.9 Å². The predicted molar refractivity (Wildman–Crippen MR) is 67.1 cm³/mol. The van der Waals surface area contributed by atoms with Crippen molar-refractivity contribution in [2.75, 3.05) is 13.2 Å². The minimum Gasteiger partial charge on any atom is -0.393 e. The SMILES string of the molecule is Cc1cn([C@@H]2OC(CO)(CO)[C@@H](N)[C@H]2O)c(=O)[nH]c1=O. The molecule has 9 nitrogen and oxygen atoms in total. The summed E-state index contributed by atoms with van der Waals surface area (Å²) in [7, 11) is 0. The lowest BCUT2D eigenvalue weighted by Crippen LogP contribution is -2.54. The first-order valence-electron chi connectivity index (χ1n) is 6.01. The van der Waals surface area contributed by atoms with E-state index in [1.165, 1.54) is 13.1 Å². The van der Waals surface area contributed by atoms with Gasteiger partial charge >= 0.3 is 5.69 Å². The fraction of sp³-hybridized carbons (Fsp3) is 0.636. The summed E-state index contributed by atoms with van der Waals surface area (Å²) in [6, 6.07) is -1.08. The van der Waals surface area contributed by atoms with Crippen molar-refractivity contribution in [3.63, 3.8) is 0 Å². The number of nitrogens with two attached hydrogens (primary N) is 1. The first kappa shape index (κ1) is 14.9. The summed E-state index contributed by atoms with van der Waals surface area (Å²) in [4.78, 5) is 25.2. The molecule has 0 amide bonds. The number of aromatic amines is 1. The lowest BCUT2D eigenvalue weighted by Gasteiger charge is -2.28. The van der Waals surface area contributed by atoms with Crippen LogP contribution in [0.4, 0.5) is 0 Å². The van der Waals surface area contributed by atoms with Gasteiger partial charge in [0.05, 0.1) is 19.3 Å². The number of aromatic nitrogens is 2.